The van der Waals surface area contributed by atoms with Gasteiger partial charge in [-0.3, -0.25) is 19.7 Å². The van der Waals surface area contributed by atoms with Gasteiger partial charge in [0, 0.05) is 30.7 Å². The normalized spacial score (nSPS) is 17.6. The van der Waals surface area contributed by atoms with Crippen molar-refractivity contribution in [1.82, 2.24) is 4.90 Å². The summed E-state index contributed by atoms with van der Waals surface area (Å²) < 4.78 is 5.61. The molecule has 0 spiro atoms. The average molecular weight is 468 g/mol. The second-order valence-corrected chi connectivity index (χ2v) is 8.83. The lowest BCUT2D eigenvalue weighted by molar-refractivity contribution is -0.858. The van der Waals surface area contributed by atoms with Crippen molar-refractivity contribution in [3.8, 4) is 5.75 Å². The van der Waals surface area contributed by atoms with Crippen LogP contribution in [-0.4, -0.2) is 54.8 Å². The molecule has 2 aromatic carbocycles. The molecule has 0 radical (unpaired) electrons. The molecule has 0 saturated carbocycles. The summed E-state index contributed by atoms with van der Waals surface area (Å²) in [5.41, 5.74) is 0.222. The average Bonchev–Trinajstić information content (AvgIpc) is 3.03. The van der Waals surface area contributed by atoms with Crippen molar-refractivity contribution in [2.75, 3.05) is 27.2 Å². The van der Waals surface area contributed by atoms with Crippen molar-refractivity contribution < 1.29 is 29.3 Å². The van der Waals surface area contributed by atoms with Crippen molar-refractivity contribution in [2.24, 2.45) is 0 Å². The molecule has 34 heavy (non-hydrogen) atoms. The Balaban J connectivity index is 2.08. The summed E-state index contributed by atoms with van der Waals surface area (Å²) in [6.07, 6.45) is 0.566. The minimum absolute atomic E-state index is 0.0410. The number of nitrogens with zero attached hydrogens (tertiary/aromatic N) is 2. The summed E-state index contributed by atoms with van der Waals surface area (Å²) in [5, 5.41) is 24.8. The summed E-state index contributed by atoms with van der Waals surface area (Å²) in [4.78, 5) is 39.3. The van der Waals surface area contributed by atoms with Crippen LogP contribution in [0.15, 0.2) is 54.1 Å². The molecule has 3 rings (SSSR count). The number of rotatable bonds is 9. The number of nitrogens with one attached hydrogen (secondary N) is 1. The number of nitro groups is 1. The number of ketones is 1. The maximum Gasteiger partial charge on any atom is 0.295 e. The van der Waals surface area contributed by atoms with Gasteiger partial charge in [-0.15, -0.1) is 0 Å². The van der Waals surface area contributed by atoms with Crippen LogP contribution < -0.4 is 14.7 Å². The largest absolute Gasteiger partial charge is 0.872 e. The van der Waals surface area contributed by atoms with Crippen LogP contribution in [0.3, 0.4) is 0 Å². The molecule has 1 atom stereocenters. The Bertz CT molecular complexity index is 1110. The summed E-state index contributed by atoms with van der Waals surface area (Å²) in [7, 11) is 3.95. The molecule has 180 valence electrons. The van der Waals surface area contributed by atoms with Gasteiger partial charge in [0.25, 0.3) is 11.6 Å². The van der Waals surface area contributed by atoms with E-state index in [0.717, 1.165) is 6.54 Å². The van der Waals surface area contributed by atoms with E-state index in [4.69, 9.17) is 4.74 Å². The van der Waals surface area contributed by atoms with Gasteiger partial charge >= 0.3 is 0 Å². The summed E-state index contributed by atoms with van der Waals surface area (Å²) in [6, 6.07) is 11.1. The highest BCUT2D eigenvalue weighted by Crippen LogP contribution is 2.39. The van der Waals surface area contributed by atoms with E-state index in [2.05, 4.69) is 0 Å². The van der Waals surface area contributed by atoms with Gasteiger partial charge in [-0.25, -0.2) is 0 Å². The molecule has 1 N–H and O–H groups in total. The van der Waals surface area contributed by atoms with Crippen LogP contribution in [0.25, 0.3) is 5.76 Å². The second kappa shape index (κ2) is 10.5. The van der Waals surface area contributed by atoms with Crippen LogP contribution in [-0.2, 0) is 9.59 Å². The van der Waals surface area contributed by atoms with Crippen LogP contribution in [0.2, 0.25) is 0 Å². The van der Waals surface area contributed by atoms with Gasteiger partial charge < -0.3 is 19.6 Å². The van der Waals surface area contributed by atoms with Crippen molar-refractivity contribution in [2.45, 2.75) is 32.4 Å². The Morgan fingerprint density at radius 3 is 2.41 bits per heavy atom. The fraction of sp³-hybridized carbons (Fsp3) is 0.360. The number of benzene rings is 2. The van der Waals surface area contributed by atoms with E-state index in [1.165, 1.54) is 28.0 Å². The number of non-ortho nitro benzene ring substituents is 1. The highest BCUT2D eigenvalue weighted by Gasteiger charge is 2.44. The zero-order valence-corrected chi connectivity index (χ0v) is 19.7. The Labute approximate surface area is 198 Å². The smallest absolute Gasteiger partial charge is 0.295 e. The van der Waals surface area contributed by atoms with Crippen molar-refractivity contribution in [3.63, 3.8) is 0 Å². The molecule has 1 heterocycles. The van der Waals surface area contributed by atoms with Crippen molar-refractivity contribution in [1.29, 1.82) is 0 Å². The van der Waals surface area contributed by atoms with E-state index < -0.39 is 28.4 Å². The zero-order valence-electron chi connectivity index (χ0n) is 19.7. The van der Waals surface area contributed by atoms with Crippen LogP contribution in [0.1, 0.15) is 37.4 Å². The van der Waals surface area contributed by atoms with Gasteiger partial charge in [-0.05, 0) is 37.1 Å². The highest BCUT2D eigenvalue weighted by molar-refractivity contribution is 6.46. The second-order valence-electron chi connectivity index (χ2n) is 8.83. The summed E-state index contributed by atoms with van der Waals surface area (Å²) >= 11 is 0. The van der Waals surface area contributed by atoms with Crippen LogP contribution in [0, 0.1) is 10.1 Å². The van der Waals surface area contributed by atoms with Crippen LogP contribution >= 0.6 is 0 Å². The van der Waals surface area contributed by atoms with E-state index in [1.54, 1.807) is 30.3 Å². The SMILES string of the molecule is CC(C)Oc1ccc(C([O-])=C2C(=O)C(=O)N(CCC[NH+](C)C)C2c2cccc([N+](=O)[O-])c2)cc1. The van der Waals surface area contributed by atoms with Gasteiger partial charge in [0.05, 0.1) is 37.7 Å². The molecule has 0 aromatic heterocycles. The van der Waals surface area contributed by atoms with E-state index in [1.807, 2.05) is 27.9 Å². The molecule has 1 fully saturated rings. The number of hydrogen-bond acceptors (Lipinski definition) is 6. The van der Waals surface area contributed by atoms with Gasteiger partial charge in [0.15, 0.2) is 0 Å². The molecule has 2 aromatic rings. The van der Waals surface area contributed by atoms with E-state index in [9.17, 15) is 24.8 Å². The first-order valence-electron chi connectivity index (χ1n) is 11.2. The lowest BCUT2D eigenvalue weighted by Crippen LogP contribution is -3.05. The summed E-state index contributed by atoms with van der Waals surface area (Å²) in [6.45, 7) is 4.77. The molecule has 9 nitrogen and oxygen atoms in total. The standard InChI is InChI=1S/C25H29N3O6/c1-16(2)34-20-11-9-17(10-12-20)23(29)21-22(18-7-5-8-19(15-18)28(32)33)27(25(31)24(21)30)14-6-13-26(3)4/h5,7-12,15-16,22,29H,6,13-14H2,1-4H3. The van der Waals surface area contributed by atoms with Gasteiger partial charge in [0.2, 0.25) is 5.78 Å². The number of carbonyl (C=O) groups is 2. The number of Topliss-reactive ketones (excluding diaryl/α,β-unsaturated/α-hetero) is 1. The molecule has 1 aliphatic heterocycles. The monoisotopic (exact) mass is 467 g/mol. The third-order valence-corrected chi connectivity index (χ3v) is 5.49. The number of ether oxygens (including phenoxy) is 1. The Morgan fingerprint density at radius 2 is 1.82 bits per heavy atom. The molecular weight excluding hydrogens is 438 g/mol. The van der Waals surface area contributed by atoms with Crippen molar-refractivity contribution in [3.05, 3.63) is 75.3 Å². The molecule has 9 heteroatoms. The topological polar surface area (TPSA) is 117 Å². The summed E-state index contributed by atoms with van der Waals surface area (Å²) in [5.74, 6) is -1.64. The van der Waals surface area contributed by atoms with E-state index >= 15 is 0 Å². The number of likely N-dealkylation sites (tertiary alicyclic amines) is 1. The number of quaternary nitrogens is 1. The number of nitro benzene ring substituents is 1. The predicted molar refractivity (Wildman–Crippen MR) is 124 cm³/mol. The molecule has 0 aliphatic carbocycles. The molecule has 0 bridgehead atoms. The molecule has 1 saturated heterocycles. The first-order valence-corrected chi connectivity index (χ1v) is 11.2. The zero-order chi connectivity index (χ0) is 25.0. The maximum atomic E-state index is 13.5. The van der Waals surface area contributed by atoms with Crippen LogP contribution in [0.4, 0.5) is 5.69 Å². The Hall–Kier alpha value is -3.72. The highest BCUT2D eigenvalue weighted by atomic mass is 16.6. The minimum atomic E-state index is -0.990. The maximum absolute atomic E-state index is 13.5. The fourth-order valence-corrected chi connectivity index (χ4v) is 3.97. The minimum Gasteiger partial charge on any atom is -0.872 e. The lowest BCUT2D eigenvalue weighted by Gasteiger charge is -2.27. The van der Waals surface area contributed by atoms with Gasteiger partial charge in [-0.1, -0.05) is 30.0 Å². The van der Waals surface area contributed by atoms with Gasteiger partial charge in [-0.2, -0.15) is 0 Å². The Kier molecular flexibility index (Phi) is 7.68. The van der Waals surface area contributed by atoms with Gasteiger partial charge in [0.1, 0.15) is 5.75 Å². The number of carbonyl (C=O) groups excluding carboxylic acids is 2. The molecular formula is C25H29N3O6. The van der Waals surface area contributed by atoms with Crippen LogP contribution in [0.5, 0.6) is 5.75 Å². The van der Waals surface area contributed by atoms with E-state index in [0.29, 0.717) is 17.7 Å². The molecule has 1 unspecified atom stereocenters. The third-order valence-electron chi connectivity index (χ3n) is 5.49. The van der Waals surface area contributed by atoms with E-state index in [-0.39, 0.29) is 29.5 Å². The fourth-order valence-electron chi connectivity index (χ4n) is 3.97. The number of amides is 1. The first-order chi connectivity index (χ1) is 16.1. The Morgan fingerprint density at radius 1 is 1.15 bits per heavy atom. The molecule has 1 amide bonds. The third kappa shape index (κ3) is 5.43. The number of hydrogen-bond donors (Lipinski definition) is 1. The predicted octanol–water partition coefficient (Wildman–Crippen LogP) is 1.14. The molecule has 1 aliphatic rings. The van der Waals surface area contributed by atoms with Crippen molar-refractivity contribution >= 4 is 23.1 Å². The lowest BCUT2D eigenvalue weighted by atomic mass is 9.95. The first kappa shape index (κ1) is 24.9. The quantitative estimate of drug-likeness (QED) is 0.194.